The molecule has 1 saturated carbocycles. The zero-order chi connectivity index (χ0) is 15.8. The Kier molecular flexibility index (Phi) is 3.99. The molecule has 2 heterocycles. The number of methoxy groups -OCH3 is 1. The molecule has 2 aliphatic heterocycles. The predicted octanol–water partition coefficient (Wildman–Crippen LogP) is 2.44. The monoisotopic (exact) mass is 316 g/mol. The first-order valence-electron chi connectivity index (χ1n) is 8.58. The maximum absolute atomic E-state index is 13.2. The van der Waals surface area contributed by atoms with Crippen molar-refractivity contribution in [2.45, 2.75) is 43.9 Å². The summed E-state index contributed by atoms with van der Waals surface area (Å²) in [6.45, 7) is 2.09. The highest BCUT2D eigenvalue weighted by Crippen LogP contribution is 2.33. The van der Waals surface area contributed by atoms with Gasteiger partial charge in [-0.2, -0.15) is 0 Å². The maximum atomic E-state index is 13.2. The number of amides is 2. The number of urea groups is 1. The number of nitrogens with zero attached hydrogens (tertiary/aromatic N) is 2. The summed E-state index contributed by atoms with van der Waals surface area (Å²) in [5, 5.41) is 0. The molecule has 1 saturated heterocycles. The lowest BCUT2D eigenvalue weighted by Crippen LogP contribution is -2.59. The van der Waals surface area contributed by atoms with E-state index < -0.39 is 0 Å². The van der Waals surface area contributed by atoms with Crippen LogP contribution in [-0.4, -0.2) is 56.0 Å². The molecule has 2 amide bonds. The number of carbonyl (C=O) groups is 1. The Balaban J connectivity index is 1.55. The number of para-hydroxylation sites is 1. The minimum Gasteiger partial charge on any atom is -0.381 e. The van der Waals surface area contributed by atoms with Crippen LogP contribution in [0, 0.1) is 0 Å². The van der Waals surface area contributed by atoms with Crippen molar-refractivity contribution in [3.05, 3.63) is 29.8 Å². The smallest absolute Gasteiger partial charge is 0.324 e. The molecule has 124 valence electrons. The molecule has 0 aromatic heterocycles. The number of anilines is 1. The van der Waals surface area contributed by atoms with Crippen LogP contribution >= 0.6 is 0 Å². The molecule has 23 heavy (non-hydrogen) atoms. The summed E-state index contributed by atoms with van der Waals surface area (Å²) >= 11 is 0. The van der Waals surface area contributed by atoms with Crippen LogP contribution in [0.4, 0.5) is 10.5 Å². The normalized spacial score (nSPS) is 30.0. The third-order valence-corrected chi connectivity index (χ3v) is 5.47. The Bertz CT molecular complexity index is 591. The summed E-state index contributed by atoms with van der Waals surface area (Å²) in [4.78, 5) is 17.1. The molecule has 5 nitrogen and oxygen atoms in total. The zero-order valence-corrected chi connectivity index (χ0v) is 13.6. The van der Waals surface area contributed by atoms with Gasteiger partial charge in [-0.15, -0.1) is 0 Å². The van der Waals surface area contributed by atoms with Crippen molar-refractivity contribution in [3.8, 4) is 0 Å². The highest BCUT2D eigenvalue weighted by Gasteiger charge is 2.42. The van der Waals surface area contributed by atoms with E-state index in [1.807, 2.05) is 21.9 Å². The van der Waals surface area contributed by atoms with Gasteiger partial charge in [0.2, 0.25) is 0 Å². The summed E-state index contributed by atoms with van der Waals surface area (Å²) in [6, 6.07) is 8.49. The van der Waals surface area contributed by atoms with Gasteiger partial charge in [-0.25, -0.2) is 4.79 Å². The quantitative estimate of drug-likeness (QED) is 0.799. The van der Waals surface area contributed by atoms with Crippen molar-refractivity contribution in [2.24, 2.45) is 0 Å². The van der Waals surface area contributed by atoms with Gasteiger partial charge < -0.3 is 14.4 Å². The molecular weight excluding hydrogens is 292 g/mol. The minimum absolute atomic E-state index is 0.130. The van der Waals surface area contributed by atoms with Gasteiger partial charge in [0.25, 0.3) is 0 Å². The van der Waals surface area contributed by atoms with Gasteiger partial charge in [0, 0.05) is 25.9 Å². The molecule has 0 bridgehead atoms. The molecule has 3 aliphatic rings. The Morgan fingerprint density at radius 3 is 3.00 bits per heavy atom. The van der Waals surface area contributed by atoms with Crippen LogP contribution in [0.5, 0.6) is 0 Å². The first-order valence-corrected chi connectivity index (χ1v) is 8.58. The van der Waals surface area contributed by atoms with Crippen LogP contribution in [0.25, 0.3) is 0 Å². The third kappa shape index (κ3) is 2.62. The fraction of sp³-hybridized carbons (Fsp3) is 0.611. The average molecular weight is 316 g/mol. The number of benzene rings is 1. The lowest BCUT2D eigenvalue weighted by atomic mass is 9.88. The van der Waals surface area contributed by atoms with Crippen LogP contribution in [0.3, 0.4) is 0 Å². The van der Waals surface area contributed by atoms with E-state index in [0.29, 0.717) is 13.2 Å². The van der Waals surface area contributed by atoms with E-state index in [1.165, 1.54) is 5.56 Å². The van der Waals surface area contributed by atoms with E-state index in [-0.39, 0.29) is 24.3 Å². The standard InChI is InChI=1S/C18H24N2O3/c1-22-14-6-7-17-16(12-14)20(10-11-23-17)18(21)19-9-8-13-4-2-3-5-15(13)19/h2-5,14,16-17H,6-12H2,1H3/t14-,16+,17-/m1/s1. The number of morpholine rings is 1. The second kappa shape index (κ2) is 6.13. The Hall–Kier alpha value is -1.59. The molecule has 0 N–H and O–H groups in total. The first-order chi connectivity index (χ1) is 11.3. The van der Waals surface area contributed by atoms with Crippen LogP contribution in [0.2, 0.25) is 0 Å². The molecule has 2 fully saturated rings. The second-order valence-electron chi connectivity index (χ2n) is 6.65. The van der Waals surface area contributed by atoms with Crippen molar-refractivity contribution in [2.75, 3.05) is 31.7 Å². The van der Waals surface area contributed by atoms with E-state index in [2.05, 4.69) is 12.1 Å². The van der Waals surface area contributed by atoms with Gasteiger partial charge in [0.15, 0.2) is 0 Å². The van der Waals surface area contributed by atoms with Crippen LogP contribution in [0.15, 0.2) is 24.3 Å². The number of hydrogen-bond donors (Lipinski definition) is 0. The Morgan fingerprint density at radius 1 is 1.26 bits per heavy atom. The Labute approximate surface area is 137 Å². The summed E-state index contributed by atoms with van der Waals surface area (Å²) in [5.41, 5.74) is 2.34. The molecule has 1 aromatic rings. The minimum atomic E-state index is 0.130. The molecule has 0 radical (unpaired) electrons. The predicted molar refractivity (Wildman–Crippen MR) is 87.8 cm³/mol. The summed E-state index contributed by atoms with van der Waals surface area (Å²) < 4.78 is 11.5. The highest BCUT2D eigenvalue weighted by atomic mass is 16.5. The largest absolute Gasteiger partial charge is 0.381 e. The fourth-order valence-electron chi connectivity index (χ4n) is 4.22. The summed E-state index contributed by atoms with van der Waals surface area (Å²) in [5.74, 6) is 0. The van der Waals surface area contributed by atoms with Gasteiger partial charge in [-0.05, 0) is 37.3 Å². The zero-order valence-electron chi connectivity index (χ0n) is 13.6. The highest BCUT2D eigenvalue weighted by molar-refractivity contribution is 5.94. The average Bonchev–Trinajstić information content (AvgIpc) is 3.04. The van der Waals surface area contributed by atoms with E-state index in [9.17, 15) is 4.79 Å². The summed E-state index contributed by atoms with van der Waals surface area (Å²) in [6.07, 6.45) is 4.22. The number of fused-ring (bicyclic) bond motifs is 2. The lowest BCUT2D eigenvalue weighted by molar-refractivity contribution is -0.0976. The van der Waals surface area contributed by atoms with Crippen molar-refractivity contribution in [1.29, 1.82) is 0 Å². The second-order valence-corrected chi connectivity index (χ2v) is 6.65. The molecule has 1 aromatic carbocycles. The first kappa shape index (κ1) is 15.0. The summed E-state index contributed by atoms with van der Waals surface area (Å²) in [7, 11) is 1.76. The molecule has 3 atom stereocenters. The van der Waals surface area contributed by atoms with Crippen molar-refractivity contribution in [1.82, 2.24) is 4.90 Å². The fourth-order valence-corrected chi connectivity index (χ4v) is 4.22. The molecular formula is C18H24N2O3. The third-order valence-electron chi connectivity index (χ3n) is 5.47. The van der Waals surface area contributed by atoms with E-state index in [0.717, 1.165) is 37.9 Å². The van der Waals surface area contributed by atoms with Gasteiger partial charge in [-0.1, -0.05) is 18.2 Å². The van der Waals surface area contributed by atoms with E-state index >= 15 is 0 Å². The Morgan fingerprint density at radius 2 is 2.13 bits per heavy atom. The van der Waals surface area contributed by atoms with Gasteiger partial charge in [0.05, 0.1) is 24.9 Å². The molecule has 1 aliphatic carbocycles. The van der Waals surface area contributed by atoms with Crippen molar-refractivity contribution >= 4 is 11.7 Å². The van der Waals surface area contributed by atoms with Crippen LogP contribution < -0.4 is 4.90 Å². The van der Waals surface area contributed by atoms with Gasteiger partial charge in [-0.3, -0.25) is 4.90 Å². The van der Waals surface area contributed by atoms with Gasteiger partial charge >= 0.3 is 6.03 Å². The lowest BCUT2D eigenvalue weighted by Gasteiger charge is -2.46. The molecule has 5 heteroatoms. The number of hydrogen-bond acceptors (Lipinski definition) is 3. The van der Waals surface area contributed by atoms with E-state index in [1.54, 1.807) is 7.11 Å². The molecule has 4 rings (SSSR count). The van der Waals surface area contributed by atoms with Crippen LogP contribution in [0.1, 0.15) is 24.8 Å². The van der Waals surface area contributed by atoms with Gasteiger partial charge in [0.1, 0.15) is 0 Å². The molecule has 0 unspecified atom stereocenters. The topological polar surface area (TPSA) is 42.0 Å². The number of ether oxygens (including phenoxy) is 2. The van der Waals surface area contributed by atoms with Crippen molar-refractivity contribution in [3.63, 3.8) is 0 Å². The number of carbonyl (C=O) groups excluding carboxylic acids is 1. The van der Waals surface area contributed by atoms with Crippen LogP contribution in [-0.2, 0) is 15.9 Å². The maximum Gasteiger partial charge on any atom is 0.324 e. The SMILES string of the molecule is CO[C@@H]1CC[C@H]2OCCN(C(=O)N3CCc4ccccc43)[C@H]2C1. The van der Waals surface area contributed by atoms with E-state index in [4.69, 9.17) is 9.47 Å². The molecule has 0 spiro atoms. The number of rotatable bonds is 1. The van der Waals surface area contributed by atoms with Crippen molar-refractivity contribution < 1.29 is 14.3 Å².